The average Bonchev–Trinajstić information content (AvgIpc) is 2.73. The highest BCUT2D eigenvalue weighted by Crippen LogP contribution is 2.33. The van der Waals surface area contributed by atoms with Crippen molar-refractivity contribution in [2.75, 3.05) is 6.61 Å². The van der Waals surface area contributed by atoms with E-state index in [1.165, 1.54) is 28.5 Å². The fraction of sp³-hybridized carbons (Fsp3) is 0.286. The summed E-state index contributed by atoms with van der Waals surface area (Å²) in [4.78, 5) is 8.98. The number of fused-ring (bicyclic) bond motifs is 1. The van der Waals surface area contributed by atoms with Crippen LogP contribution in [0, 0.1) is 6.92 Å². The molecule has 0 saturated carbocycles. The Kier molecular flexibility index (Phi) is 7.19. The predicted molar refractivity (Wildman–Crippen MR) is 132 cm³/mol. The SMILES string of the molecule is C=CN=C(/C=C\C)C(=C)/C=C\c1cnc(Cc2ccc3c(c2)C(C)(C)COC3)cc1C. The third-order valence-electron chi connectivity index (χ3n) is 5.57. The van der Waals surface area contributed by atoms with Gasteiger partial charge >= 0.3 is 0 Å². The molecular formula is C28H32N2O. The van der Waals surface area contributed by atoms with Crippen molar-refractivity contribution < 1.29 is 4.74 Å². The molecule has 1 aliphatic heterocycles. The Morgan fingerprint density at radius 1 is 1.26 bits per heavy atom. The number of benzene rings is 1. The van der Waals surface area contributed by atoms with Gasteiger partial charge in [-0.15, -0.1) is 0 Å². The summed E-state index contributed by atoms with van der Waals surface area (Å²) >= 11 is 0. The van der Waals surface area contributed by atoms with E-state index in [-0.39, 0.29) is 5.41 Å². The molecule has 0 amide bonds. The molecule has 1 aromatic carbocycles. The van der Waals surface area contributed by atoms with Crippen molar-refractivity contribution in [2.45, 2.75) is 46.1 Å². The van der Waals surface area contributed by atoms with Crippen molar-refractivity contribution in [3.8, 4) is 0 Å². The molecule has 0 unspecified atom stereocenters. The minimum Gasteiger partial charge on any atom is -0.376 e. The zero-order valence-corrected chi connectivity index (χ0v) is 19.1. The van der Waals surface area contributed by atoms with Gasteiger partial charge in [0, 0.05) is 29.9 Å². The number of aliphatic imine (C=N–C) groups is 1. The average molecular weight is 413 g/mol. The maximum atomic E-state index is 5.74. The lowest BCUT2D eigenvalue weighted by Gasteiger charge is -2.32. The highest BCUT2D eigenvalue weighted by Gasteiger charge is 2.28. The lowest BCUT2D eigenvalue weighted by Crippen LogP contribution is -2.30. The Bertz CT molecular complexity index is 1070. The standard InChI is InChI=1S/C28H32N2O/c1-7-9-27(29-8-2)20(3)10-12-23-17-30-25(14-21(23)4)15-22-11-13-24-18-31-19-28(5,6)26(24)16-22/h7-14,16-17H,2-3,15,18-19H2,1,4-6H3/b9-7-,12-10-,29-27?. The van der Waals surface area contributed by atoms with Gasteiger partial charge in [0.25, 0.3) is 0 Å². The van der Waals surface area contributed by atoms with Gasteiger partial charge in [-0.3, -0.25) is 9.98 Å². The second-order valence-corrected chi connectivity index (χ2v) is 8.63. The Labute approximate surface area is 186 Å². The van der Waals surface area contributed by atoms with E-state index < -0.39 is 0 Å². The van der Waals surface area contributed by atoms with Gasteiger partial charge in [-0.05, 0) is 59.4 Å². The Morgan fingerprint density at radius 2 is 2.06 bits per heavy atom. The number of hydrogen-bond donors (Lipinski definition) is 0. The quantitative estimate of drug-likeness (QED) is 0.383. The number of hydrogen-bond acceptors (Lipinski definition) is 3. The molecular weight excluding hydrogens is 380 g/mol. The van der Waals surface area contributed by atoms with Crippen LogP contribution in [0.3, 0.4) is 0 Å². The molecule has 3 rings (SSSR count). The number of allylic oxidation sites excluding steroid dienone is 4. The first-order valence-corrected chi connectivity index (χ1v) is 10.7. The maximum Gasteiger partial charge on any atom is 0.0720 e. The second-order valence-electron chi connectivity index (χ2n) is 8.63. The van der Waals surface area contributed by atoms with Crippen LogP contribution < -0.4 is 0 Å². The summed E-state index contributed by atoms with van der Waals surface area (Å²) in [5.41, 5.74) is 8.99. The molecule has 160 valence electrons. The second kappa shape index (κ2) is 9.84. The highest BCUT2D eigenvalue weighted by atomic mass is 16.5. The maximum absolute atomic E-state index is 5.74. The Hall–Kier alpha value is -3.04. The molecule has 0 bridgehead atoms. The van der Waals surface area contributed by atoms with Crippen molar-refractivity contribution in [3.05, 3.63) is 107 Å². The smallest absolute Gasteiger partial charge is 0.0720 e. The molecule has 0 fully saturated rings. The fourth-order valence-electron chi connectivity index (χ4n) is 3.85. The zero-order chi connectivity index (χ0) is 22.4. The van der Waals surface area contributed by atoms with E-state index in [1.54, 1.807) is 0 Å². The first-order chi connectivity index (χ1) is 14.8. The molecule has 0 saturated heterocycles. The fourth-order valence-corrected chi connectivity index (χ4v) is 3.85. The van der Waals surface area contributed by atoms with Crippen LogP contribution in [0.1, 0.15) is 54.3 Å². The van der Waals surface area contributed by atoms with Crippen molar-refractivity contribution in [1.82, 2.24) is 4.98 Å². The minimum absolute atomic E-state index is 0.0463. The summed E-state index contributed by atoms with van der Waals surface area (Å²) in [5, 5.41) is 0. The lowest BCUT2D eigenvalue weighted by atomic mass is 9.80. The lowest BCUT2D eigenvalue weighted by molar-refractivity contribution is 0.0641. The first kappa shape index (κ1) is 22.6. The van der Waals surface area contributed by atoms with Crippen molar-refractivity contribution >= 4 is 11.8 Å². The van der Waals surface area contributed by atoms with Crippen LogP contribution in [-0.2, 0) is 23.2 Å². The minimum atomic E-state index is 0.0463. The van der Waals surface area contributed by atoms with E-state index in [4.69, 9.17) is 9.72 Å². The van der Waals surface area contributed by atoms with Crippen molar-refractivity contribution in [2.24, 2.45) is 4.99 Å². The molecule has 3 nitrogen and oxygen atoms in total. The largest absolute Gasteiger partial charge is 0.376 e. The van der Waals surface area contributed by atoms with Crippen LogP contribution in [0.15, 0.2) is 78.6 Å². The third-order valence-corrected chi connectivity index (χ3v) is 5.57. The molecule has 1 aromatic heterocycles. The number of rotatable bonds is 7. The molecule has 0 aliphatic carbocycles. The van der Waals surface area contributed by atoms with E-state index in [2.05, 4.69) is 63.2 Å². The van der Waals surface area contributed by atoms with Gasteiger partial charge in [0.1, 0.15) is 0 Å². The number of ether oxygens (including phenoxy) is 1. The molecule has 2 aromatic rings. The van der Waals surface area contributed by atoms with E-state index in [0.717, 1.165) is 35.6 Å². The Balaban J connectivity index is 1.77. The third kappa shape index (κ3) is 5.56. The van der Waals surface area contributed by atoms with Crippen LogP contribution in [0.5, 0.6) is 0 Å². The zero-order valence-electron chi connectivity index (χ0n) is 19.1. The summed E-state index contributed by atoms with van der Waals surface area (Å²) in [6, 6.07) is 8.89. The van der Waals surface area contributed by atoms with Crippen LogP contribution in [-0.4, -0.2) is 17.3 Å². The summed E-state index contributed by atoms with van der Waals surface area (Å²) in [5.74, 6) is 0. The summed E-state index contributed by atoms with van der Waals surface area (Å²) in [7, 11) is 0. The number of aryl methyl sites for hydroxylation is 1. The van der Waals surface area contributed by atoms with Crippen molar-refractivity contribution in [1.29, 1.82) is 0 Å². The first-order valence-electron chi connectivity index (χ1n) is 10.7. The monoisotopic (exact) mass is 412 g/mol. The van der Waals surface area contributed by atoms with Gasteiger partial charge in [-0.25, -0.2) is 0 Å². The molecule has 0 N–H and O–H groups in total. The summed E-state index contributed by atoms with van der Waals surface area (Å²) in [6.07, 6.45) is 12.2. The predicted octanol–water partition coefficient (Wildman–Crippen LogP) is 6.52. The molecule has 1 aliphatic rings. The van der Waals surface area contributed by atoms with Gasteiger partial charge in [0.15, 0.2) is 0 Å². The number of pyridine rings is 1. The van der Waals surface area contributed by atoms with E-state index >= 15 is 0 Å². The molecule has 31 heavy (non-hydrogen) atoms. The van der Waals surface area contributed by atoms with Gasteiger partial charge in [0.05, 0.1) is 18.9 Å². The van der Waals surface area contributed by atoms with Gasteiger partial charge in [-0.1, -0.05) is 63.4 Å². The van der Waals surface area contributed by atoms with Crippen molar-refractivity contribution in [3.63, 3.8) is 0 Å². The summed E-state index contributed by atoms with van der Waals surface area (Å²) < 4.78 is 5.74. The van der Waals surface area contributed by atoms with Gasteiger partial charge < -0.3 is 4.74 Å². The van der Waals surface area contributed by atoms with Gasteiger partial charge in [0.2, 0.25) is 0 Å². The topological polar surface area (TPSA) is 34.5 Å². The van der Waals surface area contributed by atoms with Crippen LogP contribution in [0.25, 0.3) is 6.08 Å². The Morgan fingerprint density at radius 3 is 2.77 bits per heavy atom. The van der Waals surface area contributed by atoms with Crippen LogP contribution >= 0.6 is 0 Å². The molecule has 0 radical (unpaired) electrons. The molecule has 0 atom stereocenters. The molecule has 3 heteroatoms. The van der Waals surface area contributed by atoms with E-state index in [1.807, 2.05) is 37.4 Å². The van der Waals surface area contributed by atoms with Crippen LogP contribution in [0.4, 0.5) is 0 Å². The van der Waals surface area contributed by atoms with E-state index in [0.29, 0.717) is 6.61 Å². The molecule has 2 heterocycles. The number of nitrogens with zero attached hydrogens (tertiary/aromatic N) is 2. The molecule has 0 spiro atoms. The number of aromatic nitrogens is 1. The highest BCUT2D eigenvalue weighted by molar-refractivity contribution is 6.10. The van der Waals surface area contributed by atoms with Gasteiger partial charge in [-0.2, -0.15) is 0 Å². The van der Waals surface area contributed by atoms with Crippen LogP contribution in [0.2, 0.25) is 0 Å². The van der Waals surface area contributed by atoms with E-state index in [9.17, 15) is 0 Å². The summed E-state index contributed by atoms with van der Waals surface area (Å²) in [6.45, 7) is 17.8. The normalized spacial score (nSPS) is 15.9.